The first-order chi connectivity index (χ1) is 19.7. The number of hydrogen-bond donors (Lipinski definition) is 1. The zero-order valence-corrected chi connectivity index (χ0v) is 25.5. The molecule has 42 heavy (non-hydrogen) atoms. The molecular weight excluding hydrogens is 601 g/mol. The van der Waals surface area contributed by atoms with Gasteiger partial charge in [0.1, 0.15) is 5.82 Å². The van der Waals surface area contributed by atoms with Crippen LogP contribution in [0.5, 0.6) is 0 Å². The number of sulfone groups is 1. The summed E-state index contributed by atoms with van der Waals surface area (Å²) < 4.78 is 68.0. The number of aliphatic carboxylic acids is 1. The largest absolute Gasteiger partial charge is 0.480 e. The van der Waals surface area contributed by atoms with Gasteiger partial charge in [-0.05, 0) is 78.4 Å². The zero-order valence-electron chi connectivity index (χ0n) is 23.1. The van der Waals surface area contributed by atoms with Crippen LogP contribution in [0, 0.1) is 26.6 Å². The van der Waals surface area contributed by atoms with Crippen molar-refractivity contribution >= 4 is 37.4 Å². The van der Waals surface area contributed by atoms with Crippen molar-refractivity contribution in [3.8, 4) is 11.1 Å². The molecule has 0 spiro atoms. The summed E-state index contributed by atoms with van der Waals surface area (Å²) in [5.41, 5.74) is 4.46. The van der Waals surface area contributed by atoms with Gasteiger partial charge < -0.3 is 5.11 Å². The number of benzene rings is 4. The second kappa shape index (κ2) is 12.3. The summed E-state index contributed by atoms with van der Waals surface area (Å²) in [5.74, 6) is -2.99. The molecule has 0 bridgehead atoms. The minimum absolute atomic E-state index is 0.0178. The van der Waals surface area contributed by atoms with Gasteiger partial charge in [-0.15, -0.1) is 0 Å². The maximum atomic E-state index is 14.1. The van der Waals surface area contributed by atoms with E-state index in [9.17, 15) is 26.0 Å². The Morgan fingerprint density at radius 1 is 0.833 bits per heavy atom. The van der Waals surface area contributed by atoms with E-state index < -0.39 is 37.4 Å². The van der Waals surface area contributed by atoms with Crippen LogP contribution in [0.15, 0.2) is 88.7 Å². The first kappa shape index (κ1) is 31.4. The Bertz CT molecular complexity index is 1850. The number of sulfonamides is 1. The quantitative estimate of drug-likeness (QED) is 0.220. The molecule has 0 aliphatic carbocycles. The fourth-order valence-electron chi connectivity index (χ4n) is 4.89. The summed E-state index contributed by atoms with van der Waals surface area (Å²) in [5, 5.41) is 9.05. The van der Waals surface area contributed by atoms with E-state index in [1.165, 1.54) is 34.6 Å². The Kier molecular flexibility index (Phi) is 9.22. The molecule has 0 aromatic heterocycles. The smallest absolute Gasteiger partial charge is 0.319 e. The summed E-state index contributed by atoms with van der Waals surface area (Å²) in [6.45, 7) is 5.27. The second-order valence-corrected chi connectivity index (χ2v) is 14.4. The van der Waals surface area contributed by atoms with Crippen LogP contribution < -0.4 is 0 Å². The summed E-state index contributed by atoms with van der Waals surface area (Å²) >= 11 is 6.28. The molecule has 0 saturated heterocycles. The van der Waals surface area contributed by atoms with Gasteiger partial charge in [0.15, 0.2) is 15.6 Å². The molecule has 7 nitrogen and oxygen atoms in total. The van der Waals surface area contributed by atoms with E-state index in [1.807, 2.05) is 19.1 Å². The molecule has 0 aliphatic heterocycles. The molecule has 0 fully saturated rings. The molecule has 4 aromatic rings. The Labute approximate surface area is 250 Å². The van der Waals surface area contributed by atoms with Gasteiger partial charge in [0.25, 0.3) is 0 Å². The summed E-state index contributed by atoms with van der Waals surface area (Å²) in [4.78, 5) is 11.1. The Morgan fingerprint density at radius 2 is 1.48 bits per heavy atom. The lowest BCUT2D eigenvalue weighted by molar-refractivity contribution is -0.134. The van der Waals surface area contributed by atoms with Crippen molar-refractivity contribution in [3.63, 3.8) is 0 Å². The van der Waals surface area contributed by atoms with E-state index in [4.69, 9.17) is 16.7 Å². The number of halogens is 2. The average molecular weight is 630 g/mol. The molecular formula is C31H29ClFNO6S2. The third kappa shape index (κ3) is 7.07. The highest BCUT2D eigenvalue weighted by Gasteiger charge is 2.29. The number of aryl methyl sites for hydroxylation is 3. The monoisotopic (exact) mass is 629 g/mol. The Balaban J connectivity index is 1.70. The van der Waals surface area contributed by atoms with Crippen LogP contribution in [-0.2, 0) is 37.7 Å². The molecule has 0 heterocycles. The van der Waals surface area contributed by atoms with E-state index >= 15 is 0 Å². The van der Waals surface area contributed by atoms with Crippen molar-refractivity contribution in [2.75, 3.05) is 5.75 Å². The molecule has 11 heteroatoms. The number of hydrogen-bond acceptors (Lipinski definition) is 5. The van der Waals surface area contributed by atoms with Crippen LogP contribution in [0.25, 0.3) is 11.1 Å². The number of carbonyl (C=O) groups is 1. The van der Waals surface area contributed by atoms with Gasteiger partial charge >= 0.3 is 5.97 Å². The average Bonchev–Trinajstić information content (AvgIpc) is 2.88. The van der Waals surface area contributed by atoms with E-state index in [2.05, 4.69) is 0 Å². The van der Waals surface area contributed by atoms with Crippen LogP contribution in [-0.4, -0.2) is 38.0 Å². The minimum atomic E-state index is -4.03. The maximum Gasteiger partial charge on any atom is 0.319 e. The lowest BCUT2D eigenvalue weighted by Gasteiger charge is -2.25. The molecule has 0 amide bonds. The molecule has 0 aliphatic rings. The Hall–Kier alpha value is -3.57. The van der Waals surface area contributed by atoms with E-state index in [0.29, 0.717) is 33.4 Å². The molecule has 0 saturated carbocycles. The second-order valence-electron chi connectivity index (χ2n) is 10.1. The van der Waals surface area contributed by atoms with E-state index in [1.54, 1.807) is 44.2 Å². The van der Waals surface area contributed by atoms with Crippen LogP contribution in [0.4, 0.5) is 4.39 Å². The molecule has 4 aromatic carbocycles. The normalized spacial score (nSPS) is 12.0. The fourth-order valence-corrected chi connectivity index (χ4v) is 8.02. The van der Waals surface area contributed by atoms with Crippen molar-refractivity contribution < 1.29 is 31.1 Å². The topological polar surface area (TPSA) is 109 Å². The lowest BCUT2D eigenvalue weighted by Crippen LogP contribution is -2.31. The Morgan fingerprint density at radius 3 is 2.07 bits per heavy atom. The van der Waals surface area contributed by atoms with E-state index in [0.717, 1.165) is 11.6 Å². The number of rotatable bonds is 10. The molecule has 1 N–H and O–H groups in total. The maximum absolute atomic E-state index is 14.1. The molecule has 0 atom stereocenters. The summed E-state index contributed by atoms with van der Waals surface area (Å²) in [7, 11) is -8.04. The van der Waals surface area contributed by atoms with Gasteiger partial charge in [0, 0.05) is 18.1 Å². The molecule has 0 radical (unpaired) electrons. The number of carboxylic acids is 1. The van der Waals surface area contributed by atoms with Gasteiger partial charge in [-0.2, -0.15) is 4.31 Å². The molecule has 4 rings (SSSR count). The summed E-state index contributed by atoms with van der Waals surface area (Å²) in [6, 6.07) is 20.4. The number of nitrogens with zero attached hydrogens (tertiary/aromatic N) is 1. The first-order valence-electron chi connectivity index (χ1n) is 12.8. The summed E-state index contributed by atoms with van der Waals surface area (Å²) in [6.07, 6.45) is 0. The highest BCUT2D eigenvalue weighted by molar-refractivity contribution is 7.92. The van der Waals surface area contributed by atoms with Gasteiger partial charge in [0.05, 0.1) is 9.79 Å². The first-order valence-corrected chi connectivity index (χ1v) is 16.3. The van der Waals surface area contributed by atoms with Crippen molar-refractivity contribution in [2.24, 2.45) is 0 Å². The molecule has 220 valence electrons. The third-order valence-corrected chi connectivity index (χ3v) is 10.8. The highest BCUT2D eigenvalue weighted by Crippen LogP contribution is 2.30. The third-order valence-electron chi connectivity index (χ3n) is 6.72. The van der Waals surface area contributed by atoms with Crippen LogP contribution >= 0.6 is 11.6 Å². The SMILES string of the molecule is Cc1cc(C)c(S(=O)(=O)N(Cc2ccc(-c3cccc(S(=O)(=O)CC(=O)O)c3)cc2)Cc2ccc(F)cc2Cl)c(C)c1. The fraction of sp³-hybridized carbons (Fsp3) is 0.194. The van der Waals surface area contributed by atoms with Gasteiger partial charge in [-0.3, -0.25) is 4.79 Å². The van der Waals surface area contributed by atoms with Crippen molar-refractivity contribution in [1.29, 1.82) is 0 Å². The van der Waals surface area contributed by atoms with Gasteiger partial charge in [-0.1, -0.05) is 71.8 Å². The van der Waals surface area contributed by atoms with Crippen LogP contribution in [0.1, 0.15) is 27.8 Å². The van der Waals surface area contributed by atoms with Crippen molar-refractivity contribution in [1.82, 2.24) is 4.31 Å². The van der Waals surface area contributed by atoms with Crippen molar-refractivity contribution in [3.05, 3.63) is 118 Å². The van der Waals surface area contributed by atoms with Crippen LogP contribution in [0.3, 0.4) is 0 Å². The van der Waals surface area contributed by atoms with Crippen LogP contribution in [0.2, 0.25) is 5.02 Å². The standard InChI is InChI=1S/C31H29ClFNO6S2/c1-20-13-21(2)31(22(3)14-20)42(39,40)34(18-26-11-12-27(33)16-29(26)32)17-23-7-9-24(10-8-23)25-5-4-6-28(15-25)41(37,38)19-30(35)36/h4-16H,17-19H2,1-3H3,(H,35,36). The molecule has 0 unspecified atom stereocenters. The van der Waals surface area contributed by atoms with E-state index in [-0.39, 0.29) is 27.9 Å². The van der Waals surface area contributed by atoms with Gasteiger partial charge in [0.2, 0.25) is 10.0 Å². The predicted octanol–water partition coefficient (Wildman–Crippen LogP) is 6.32. The van der Waals surface area contributed by atoms with Crippen molar-refractivity contribution in [2.45, 2.75) is 43.7 Å². The highest BCUT2D eigenvalue weighted by atomic mass is 35.5. The van der Waals surface area contributed by atoms with Gasteiger partial charge in [-0.25, -0.2) is 21.2 Å². The number of carboxylic acid groups (broad SMARTS) is 1. The zero-order chi connectivity index (χ0) is 30.8. The minimum Gasteiger partial charge on any atom is -0.480 e. The lowest BCUT2D eigenvalue weighted by atomic mass is 10.0. The predicted molar refractivity (Wildman–Crippen MR) is 160 cm³/mol.